The van der Waals surface area contributed by atoms with E-state index in [4.69, 9.17) is 4.98 Å². The lowest BCUT2D eigenvalue weighted by Crippen LogP contribution is -2.03. The maximum absolute atomic E-state index is 9.88. The summed E-state index contributed by atoms with van der Waals surface area (Å²) in [6.07, 6.45) is 1.95. The first-order valence-corrected chi connectivity index (χ1v) is 18.2. The van der Waals surface area contributed by atoms with Gasteiger partial charge in [-0.05, 0) is 94.5 Å². The molecule has 258 valence electrons. The van der Waals surface area contributed by atoms with Crippen molar-refractivity contribution in [2.24, 2.45) is 0 Å². The van der Waals surface area contributed by atoms with E-state index in [0.29, 0.717) is 16.7 Å². The van der Waals surface area contributed by atoms with Crippen LogP contribution in [0, 0.1) is 34.0 Å². The van der Waals surface area contributed by atoms with E-state index in [0.717, 1.165) is 88.5 Å². The van der Waals surface area contributed by atoms with Gasteiger partial charge in [-0.25, -0.2) is 4.98 Å². The molecular weight excluding hydrogens is 685 g/mol. The highest BCUT2D eigenvalue weighted by molar-refractivity contribution is 6.12. The first kappa shape index (κ1) is 32.4. The minimum absolute atomic E-state index is 0.586. The minimum atomic E-state index is 0.586. The van der Waals surface area contributed by atoms with Crippen LogP contribution in [0.2, 0.25) is 0 Å². The molecule has 0 amide bonds. The van der Waals surface area contributed by atoms with Crippen LogP contribution in [0.4, 0.5) is 0 Å². The van der Waals surface area contributed by atoms with Crippen LogP contribution >= 0.6 is 0 Å². The van der Waals surface area contributed by atoms with Crippen molar-refractivity contribution in [2.45, 2.75) is 0 Å². The summed E-state index contributed by atoms with van der Waals surface area (Å²) in [6, 6.07) is 61.6. The molecule has 0 bridgehead atoms. The molecule has 0 radical (unpaired) electrons. The van der Waals surface area contributed by atoms with Crippen molar-refractivity contribution >= 4 is 43.6 Å². The van der Waals surface area contributed by atoms with Crippen LogP contribution in [0.15, 0.2) is 170 Å². The van der Waals surface area contributed by atoms with Crippen LogP contribution in [0.3, 0.4) is 0 Å². The van der Waals surface area contributed by atoms with Crippen molar-refractivity contribution in [1.82, 2.24) is 14.1 Å². The molecule has 3 aromatic heterocycles. The van der Waals surface area contributed by atoms with Gasteiger partial charge in [-0.2, -0.15) is 15.8 Å². The summed E-state index contributed by atoms with van der Waals surface area (Å²) in [5.41, 5.74) is 12.4. The first-order chi connectivity index (χ1) is 27.6. The van der Waals surface area contributed by atoms with E-state index in [1.165, 1.54) is 0 Å². The zero-order chi connectivity index (χ0) is 37.8. The molecule has 0 fully saturated rings. The number of benzene rings is 7. The molecule has 0 spiro atoms. The molecule has 0 saturated heterocycles. The molecule has 6 heteroatoms. The largest absolute Gasteiger partial charge is 0.307 e. The van der Waals surface area contributed by atoms with Crippen molar-refractivity contribution < 1.29 is 0 Å². The van der Waals surface area contributed by atoms with Crippen LogP contribution in [0.5, 0.6) is 0 Å². The van der Waals surface area contributed by atoms with Gasteiger partial charge in [0.05, 0.1) is 68.8 Å². The SMILES string of the molecule is N#Cc1ccc(-c2cc(-n3c4ccccc4c4cc(-c5ccccc5C#N)ccc43)ncc2-n2c3ccccc3c3cc(-c4ccccc4C#N)ccc32)cc1. The summed E-state index contributed by atoms with van der Waals surface area (Å²) in [4.78, 5) is 5.22. The summed E-state index contributed by atoms with van der Waals surface area (Å²) < 4.78 is 4.46. The summed E-state index contributed by atoms with van der Waals surface area (Å²) in [6.45, 7) is 0. The van der Waals surface area contributed by atoms with E-state index in [1.54, 1.807) is 0 Å². The van der Waals surface area contributed by atoms with Crippen molar-refractivity contribution in [3.05, 3.63) is 187 Å². The molecule has 7 aromatic carbocycles. The number of fused-ring (bicyclic) bond motifs is 6. The molecule has 10 aromatic rings. The van der Waals surface area contributed by atoms with Gasteiger partial charge in [0.25, 0.3) is 0 Å². The summed E-state index contributed by atoms with van der Waals surface area (Å²) in [5, 5.41) is 33.7. The summed E-state index contributed by atoms with van der Waals surface area (Å²) in [5.74, 6) is 0.751. The van der Waals surface area contributed by atoms with Gasteiger partial charge in [0, 0.05) is 27.1 Å². The topological polar surface area (TPSA) is 94.1 Å². The molecule has 0 aliphatic heterocycles. The molecule has 0 aliphatic carbocycles. The third kappa shape index (κ3) is 5.05. The van der Waals surface area contributed by atoms with Crippen LogP contribution in [-0.2, 0) is 0 Å². The maximum atomic E-state index is 9.88. The molecule has 56 heavy (non-hydrogen) atoms. The molecule has 3 heterocycles. The van der Waals surface area contributed by atoms with E-state index in [-0.39, 0.29) is 0 Å². The average molecular weight is 713 g/mol. The number of rotatable bonds is 5. The normalized spacial score (nSPS) is 11.2. The quantitative estimate of drug-likeness (QED) is 0.177. The molecule has 0 unspecified atom stereocenters. The van der Waals surface area contributed by atoms with Crippen LogP contribution < -0.4 is 0 Å². The number of nitrogens with zero attached hydrogens (tertiary/aromatic N) is 6. The van der Waals surface area contributed by atoms with Crippen molar-refractivity contribution in [3.8, 4) is 63.1 Å². The Bertz CT molecular complexity index is 3340. The fourth-order valence-corrected chi connectivity index (χ4v) is 8.15. The summed E-state index contributed by atoms with van der Waals surface area (Å²) >= 11 is 0. The van der Waals surface area contributed by atoms with Crippen LogP contribution in [0.1, 0.15) is 16.7 Å². The third-order valence-electron chi connectivity index (χ3n) is 10.7. The molecule has 6 nitrogen and oxygen atoms in total. The molecule has 0 N–H and O–H groups in total. The lowest BCUT2D eigenvalue weighted by atomic mass is 9.98. The highest BCUT2D eigenvalue weighted by Gasteiger charge is 2.21. The lowest BCUT2D eigenvalue weighted by molar-refractivity contribution is 1.06. The van der Waals surface area contributed by atoms with Crippen molar-refractivity contribution in [3.63, 3.8) is 0 Å². The zero-order valence-electron chi connectivity index (χ0n) is 29.8. The predicted octanol–water partition coefficient (Wildman–Crippen LogP) is 11.9. The summed E-state index contributed by atoms with van der Waals surface area (Å²) in [7, 11) is 0. The van der Waals surface area contributed by atoms with Crippen molar-refractivity contribution in [2.75, 3.05) is 0 Å². The fourth-order valence-electron chi connectivity index (χ4n) is 8.15. The highest BCUT2D eigenvalue weighted by atomic mass is 15.1. The average Bonchev–Trinajstić information content (AvgIpc) is 3.78. The van der Waals surface area contributed by atoms with E-state index in [9.17, 15) is 15.8 Å². The van der Waals surface area contributed by atoms with Crippen molar-refractivity contribution in [1.29, 1.82) is 15.8 Å². The molecule has 10 rings (SSSR count). The van der Waals surface area contributed by atoms with Gasteiger partial charge in [-0.15, -0.1) is 0 Å². The molecule has 0 saturated carbocycles. The number of pyridine rings is 1. The number of hydrogen-bond donors (Lipinski definition) is 0. The fraction of sp³-hybridized carbons (Fsp3) is 0. The second-order valence-corrected chi connectivity index (χ2v) is 13.7. The smallest absolute Gasteiger partial charge is 0.138 e. The van der Waals surface area contributed by atoms with E-state index in [2.05, 4.69) is 100 Å². The lowest BCUT2D eigenvalue weighted by Gasteiger charge is -2.17. The van der Waals surface area contributed by atoms with Gasteiger partial charge in [0.2, 0.25) is 0 Å². The van der Waals surface area contributed by atoms with E-state index < -0.39 is 0 Å². The first-order valence-electron chi connectivity index (χ1n) is 18.2. The van der Waals surface area contributed by atoms with Gasteiger partial charge in [0.15, 0.2) is 0 Å². The molecule has 0 aliphatic rings. The maximum Gasteiger partial charge on any atom is 0.138 e. The molecule has 0 atom stereocenters. The Hall–Kier alpha value is -8.24. The van der Waals surface area contributed by atoms with Gasteiger partial charge in [-0.3, -0.25) is 4.57 Å². The van der Waals surface area contributed by atoms with E-state index >= 15 is 0 Å². The standard InChI is InChI=1S/C50H28N6/c51-28-32-17-19-33(20-18-32)42-27-50(56-46-16-8-6-14-41(46)44-26-35(22-24-48(44)56)39-12-4-2-10-37(39)30-53)54-31-49(42)55-45-15-7-5-13-40(45)43-25-34(21-23-47(43)55)38-11-3-1-9-36(38)29-52/h1-27,31H. The Morgan fingerprint density at radius 3 is 1.45 bits per heavy atom. The number of aromatic nitrogens is 3. The second-order valence-electron chi connectivity index (χ2n) is 13.7. The second kappa shape index (κ2) is 13.0. The van der Waals surface area contributed by atoms with Gasteiger partial charge >= 0.3 is 0 Å². The zero-order valence-corrected chi connectivity index (χ0v) is 29.8. The Labute approximate surface area is 322 Å². The number of nitriles is 3. The Balaban J connectivity index is 1.22. The Morgan fingerprint density at radius 1 is 0.393 bits per heavy atom. The number of para-hydroxylation sites is 2. The third-order valence-corrected chi connectivity index (χ3v) is 10.7. The minimum Gasteiger partial charge on any atom is -0.307 e. The number of hydrogen-bond acceptors (Lipinski definition) is 4. The molecular formula is C50H28N6. The van der Waals surface area contributed by atoms with Crippen LogP contribution in [0.25, 0.3) is 88.5 Å². The predicted molar refractivity (Wildman–Crippen MR) is 223 cm³/mol. The Morgan fingerprint density at radius 2 is 0.875 bits per heavy atom. The van der Waals surface area contributed by atoms with Gasteiger partial charge < -0.3 is 4.57 Å². The Kier molecular flexibility index (Phi) is 7.53. The highest BCUT2D eigenvalue weighted by Crippen LogP contribution is 2.40. The van der Waals surface area contributed by atoms with Crippen LogP contribution in [-0.4, -0.2) is 14.1 Å². The monoisotopic (exact) mass is 712 g/mol. The van der Waals surface area contributed by atoms with E-state index in [1.807, 2.05) is 97.2 Å². The van der Waals surface area contributed by atoms with Gasteiger partial charge in [0.1, 0.15) is 5.82 Å². The van der Waals surface area contributed by atoms with Gasteiger partial charge in [-0.1, -0.05) is 97.1 Å².